The van der Waals surface area contributed by atoms with E-state index in [0.717, 1.165) is 5.28 Å². The Morgan fingerprint density at radius 1 is 1.29 bits per heavy atom. The van der Waals surface area contributed by atoms with Crippen LogP contribution in [0.3, 0.4) is 0 Å². The zero-order chi connectivity index (χ0) is 15.2. The van der Waals surface area contributed by atoms with Crippen LogP contribution in [0.5, 0.6) is 0 Å². The predicted octanol–water partition coefficient (Wildman–Crippen LogP) is 1.01. The molecule has 0 saturated carbocycles. The second kappa shape index (κ2) is 6.62. The number of hydrogen-bond acceptors (Lipinski definition) is 7. The average Bonchev–Trinajstić information content (AvgIpc) is 2.52. The van der Waals surface area contributed by atoms with Crippen LogP contribution in [0.4, 0.5) is 0 Å². The molecule has 1 atom stereocenters. The second-order valence-corrected chi connectivity index (χ2v) is 3.97. The summed E-state index contributed by atoms with van der Waals surface area (Å²) in [4.78, 5) is 16.7. The first kappa shape index (κ1) is 14.7. The fourth-order valence-corrected chi connectivity index (χ4v) is 1.61. The lowest BCUT2D eigenvalue weighted by Crippen LogP contribution is -2.40. The lowest BCUT2D eigenvalue weighted by Gasteiger charge is -2.26. The molecule has 1 aliphatic heterocycles. The van der Waals surface area contributed by atoms with Crippen molar-refractivity contribution >= 4 is 11.9 Å². The van der Waals surface area contributed by atoms with E-state index in [2.05, 4.69) is 10.5 Å². The van der Waals surface area contributed by atoms with Crippen molar-refractivity contribution in [2.24, 2.45) is 5.10 Å². The standard InChI is InChI=1S/C13H15N3O5/c1-19-10-8-11(20-2)15-16(14-10)21-12(13(17)18)9-6-4-3-5-7-9/h3-8,12,14H,1-2H3,(H,17,18). The van der Waals surface area contributed by atoms with Gasteiger partial charge in [-0.1, -0.05) is 40.7 Å². The molecule has 0 saturated heterocycles. The maximum Gasteiger partial charge on any atom is 0.340 e. The number of nitrogens with one attached hydrogen (secondary N) is 1. The molecule has 2 N–H and O–H groups in total. The van der Waals surface area contributed by atoms with E-state index in [4.69, 9.17) is 14.3 Å². The molecule has 21 heavy (non-hydrogen) atoms. The molecule has 8 heteroatoms. The minimum absolute atomic E-state index is 0.211. The minimum atomic E-state index is -1.23. The highest BCUT2D eigenvalue weighted by Crippen LogP contribution is 2.20. The van der Waals surface area contributed by atoms with Crippen LogP contribution in [0, 0.1) is 0 Å². The molecular weight excluding hydrogens is 278 g/mol. The largest absolute Gasteiger partial charge is 0.481 e. The first-order valence-electron chi connectivity index (χ1n) is 6.03. The summed E-state index contributed by atoms with van der Waals surface area (Å²) in [6.45, 7) is 0. The molecule has 0 bridgehead atoms. The van der Waals surface area contributed by atoms with Crippen LogP contribution in [-0.2, 0) is 19.1 Å². The van der Waals surface area contributed by atoms with Gasteiger partial charge < -0.3 is 14.6 Å². The van der Waals surface area contributed by atoms with E-state index in [9.17, 15) is 9.90 Å². The fraction of sp³-hybridized carbons (Fsp3) is 0.231. The number of methoxy groups -OCH3 is 2. The number of hydrazine groups is 1. The van der Waals surface area contributed by atoms with Gasteiger partial charge >= 0.3 is 5.97 Å². The van der Waals surface area contributed by atoms with Crippen LogP contribution in [0.25, 0.3) is 0 Å². The van der Waals surface area contributed by atoms with Gasteiger partial charge in [0.15, 0.2) is 0 Å². The molecular formula is C13H15N3O5. The van der Waals surface area contributed by atoms with Crippen molar-refractivity contribution in [1.82, 2.24) is 10.7 Å². The van der Waals surface area contributed by atoms with Crippen LogP contribution >= 0.6 is 0 Å². The van der Waals surface area contributed by atoms with Crippen LogP contribution in [0.2, 0.25) is 0 Å². The van der Waals surface area contributed by atoms with Crippen molar-refractivity contribution in [3.63, 3.8) is 0 Å². The Morgan fingerprint density at radius 3 is 2.57 bits per heavy atom. The number of carboxylic acids is 1. The molecule has 0 fully saturated rings. The third kappa shape index (κ3) is 3.63. The summed E-state index contributed by atoms with van der Waals surface area (Å²) in [5.74, 6) is -0.632. The van der Waals surface area contributed by atoms with Crippen LogP contribution in [-0.4, -0.2) is 36.5 Å². The predicted molar refractivity (Wildman–Crippen MR) is 72.4 cm³/mol. The number of carboxylic acid groups (broad SMARTS) is 1. The molecule has 0 aliphatic carbocycles. The zero-order valence-electron chi connectivity index (χ0n) is 11.5. The van der Waals surface area contributed by atoms with Crippen LogP contribution in [0.15, 0.2) is 47.4 Å². The third-order valence-electron chi connectivity index (χ3n) is 2.61. The number of carbonyl (C=O) groups is 1. The molecule has 0 radical (unpaired) electrons. The maximum atomic E-state index is 11.4. The number of rotatable bonds is 5. The van der Waals surface area contributed by atoms with Gasteiger partial charge in [0.1, 0.15) is 0 Å². The van der Waals surface area contributed by atoms with E-state index in [0.29, 0.717) is 11.4 Å². The van der Waals surface area contributed by atoms with E-state index in [1.54, 1.807) is 30.3 Å². The Labute approximate surface area is 121 Å². The van der Waals surface area contributed by atoms with Gasteiger partial charge in [-0.15, -0.1) is 0 Å². The van der Waals surface area contributed by atoms with Crippen molar-refractivity contribution in [1.29, 1.82) is 0 Å². The summed E-state index contributed by atoms with van der Waals surface area (Å²) in [7, 11) is 2.87. The summed E-state index contributed by atoms with van der Waals surface area (Å²) in [5, 5.41) is 14.1. The molecule has 1 aromatic carbocycles. The first-order valence-corrected chi connectivity index (χ1v) is 6.03. The number of ether oxygens (including phenoxy) is 2. The third-order valence-corrected chi connectivity index (χ3v) is 2.61. The summed E-state index contributed by atoms with van der Waals surface area (Å²) < 4.78 is 10.0. The van der Waals surface area contributed by atoms with E-state index >= 15 is 0 Å². The highest BCUT2D eigenvalue weighted by molar-refractivity contribution is 5.88. The minimum Gasteiger partial charge on any atom is -0.481 e. The van der Waals surface area contributed by atoms with Crippen LogP contribution < -0.4 is 5.43 Å². The maximum absolute atomic E-state index is 11.4. The van der Waals surface area contributed by atoms with Crippen molar-refractivity contribution in [3.8, 4) is 0 Å². The number of hydrogen-bond donors (Lipinski definition) is 2. The van der Waals surface area contributed by atoms with E-state index in [1.807, 2.05) is 0 Å². The summed E-state index contributed by atoms with van der Waals surface area (Å²) >= 11 is 0. The van der Waals surface area contributed by atoms with E-state index < -0.39 is 12.1 Å². The highest BCUT2D eigenvalue weighted by atomic mass is 16.8. The SMILES string of the molecule is COC1=CC(OC)=NN(OC(C(=O)O)c2ccccc2)N1. The van der Waals surface area contributed by atoms with E-state index in [-0.39, 0.29) is 5.90 Å². The summed E-state index contributed by atoms with van der Waals surface area (Å²) in [6, 6.07) is 8.53. The van der Waals surface area contributed by atoms with Crippen molar-refractivity contribution in [3.05, 3.63) is 47.9 Å². The summed E-state index contributed by atoms with van der Waals surface area (Å²) in [5.41, 5.74) is 3.12. The topological polar surface area (TPSA) is 92.6 Å². The molecule has 1 heterocycles. The summed E-state index contributed by atoms with van der Waals surface area (Å²) in [6.07, 6.45) is 0.273. The van der Waals surface area contributed by atoms with Gasteiger partial charge in [0.05, 0.1) is 20.3 Å². The molecule has 0 amide bonds. The fourth-order valence-electron chi connectivity index (χ4n) is 1.61. The number of nitrogens with zero attached hydrogens (tertiary/aromatic N) is 2. The van der Waals surface area contributed by atoms with Crippen molar-refractivity contribution < 1.29 is 24.2 Å². The Bertz CT molecular complexity index is 558. The lowest BCUT2D eigenvalue weighted by atomic mass is 10.1. The Kier molecular flexibility index (Phi) is 4.62. The normalized spacial score (nSPS) is 15.4. The first-order chi connectivity index (χ1) is 10.1. The zero-order valence-corrected chi connectivity index (χ0v) is 11.5. The van der Waals surface area contributed by atoms with Gasteiger partial charge in [-0.2, -0.15) is 0 Å². The molecule has 0 spiro atoms. The average molecular weight is 293 g/mol. The monoisotopic (exact) mass is 293 g/mol. The smallest absolute Gasteiger partial charge is 0.340 e. The van der Waals surface area contributed by atoms with Crippen molar-refractivity contribution in [2.75, 3.05) is 14.2 Å². The molecule has 0 aromatic heterocycles. The molecule has 2 rings (SSSR count). The quantitative estimate of drug-likeness (QED) is 0.837. The van der Waals surface area contributed by atoms with Gasteiger partial charge in [0.2, 0.25) is 17.9 Å². The lowest BCUT2D eigenvalue weighted by molar-refractivity contribution is -0.239. The second-order valence-electron chi connectivity index (χ2n) is 3.97. The molecule has 8 nitrogen and oxygen atoms in total. The number of aliphatic carboxylic acids is 1. The van der Waals surface area contributed by atoms with E-state index in [1.165, 1.54) is 20.3 Å². The van der Waals surface area contributed by atoms with Gasteiger partial charge in [-0.3, -0.25) is 0 Å². The van der Waals surface area contributed by atoms with Gasteiger partial charge in [-0.05, 0) is 5.56 Å². The Hall–Kier alpha value is -2.74. The highest BCUT2D eigenvalue weighted by Gasteiger charge is 2.26. The van der Waals surface area contributed by atoms with Gasteiger partial charge in [0, 0.05) is 0 Å². The molecule has 112 valence electrons. The van der Waals surface area contributed by atoms with Crippen molar-refractivity contribution in [2.45, 2.75) is 6.10 Å². The molecule has 1 unspecified atom stereocenters. The van der Waals surface area contributed by atoms with Crippen LogP contribution in [0.1, 0.15) is 11.7 Å². The number of hydrazone groups is 1. The Morgan fingerprint density at radius 2 is 2.00 bits per heavy atom. The molecule has 1 aliphatic rings. The number of benzene rings is 1. The van der Waals surface area contributed by atoms with Gasteiger partial charge in [0.25, 0.3) is 0 Å². The molecule has 1 aromatic rings. The van der Waals surface area contributed by atoms with Gasteiger partial charge in [-0.25, -0.2) is 15.1 Å². The Balaban J connectivity index is 2.17.